The monoisotopic (exact) mass is 446 g/mol. The highest BCUT2D eigenvalue weighted by atomic mass is 35.5. The fraction of sp³-hybridized carbons (Fsp3) is 0.556. The Morgan fingerprint density at radius 1 is 1.21 bits per heavy atom. The number of halogens is 2. The molecule has 3 rings (SSSR count). The number of benzene rings is 1. The van der Waals surface area contributed by atoms with Gasteiger partial charge in [0.05, 0.1) is 5.02 Å². The van der Waals surface area contributed by atoms with E-state index in [9.17, 15) is 22.4 Å². The van der Waals surface area contributed by atoms with E-state index in [1.807, 2.05) is 0 Å². The molecule has 0 radical (unpaired) electrons. The third kappa shape index (κ3) is 5.25. The van der Waals surface area contributed by atoms with Crippen LogP contribution >= 0.6 is 11.6 Å². The van der Waals surface area contributed by atoms with Crippen molar-refractivity contribution >= 4 is 39.3 Å². The quantitative estimate of drug-likeness (QED) is 0.655. The number of amides is 2. The van der Waals surface area contributed by atoms with E-state index in [4.69, 9.17) is 11.6 Å². The van der Waals surface area contributed by atoms with Crippen LogP contribution in [0.4, 0.5) is 10.1 Å². The third-order valence-corrected chi connectivity index (χ3v) is 7.21. The van der Waals surface area contributed by atoms with Crippen LogP contribution in [0.5, 0.6) is 0 Å². The number of rotatable bonds is 4. The second kappa shape index (κ2) is 8.95. The second-order valence-corrected chi connectivity index (χ2v) is 9.57. The molecule has 1 saturated heterocycles. The van der Waals surface area contributed by atoms with Crippen LogP contribution in [0.15, 0.2) is 18.2 Å². The minimum absolute atomic E-state index is 0.0223. The van der Waals surface area contributed by atoms with E-state index in [0.717, 1.165) is 42.5 Å². The molecule has 2 unspecified atom stereocenters. The Balaban J connectivity index is 1.71. The summed E-state index contributed by atoms with van der Waals surface area (Å²) in [6.45, 7) is 0. The van der Waals surface area contributed by atoms with Crippen LogP contribution in [0, 0.1) is 5.82 Å². The first-order valence-corrected chi connectivity index (χ1v) is 11.3. The van der Waals surface area contributed by atoms with Crippen molar-refractivity contribution in [3.05, 3.63) is 29.0 Å². The Labute approximate surface area is 174 Å². The van der Waals surface area contributed by atoms with E-state index >= 15 is 0 Å². The SMILES string of the molecule is CN1C(C(=O)Nc2ccc(F)c(Cl)c2)CC(C(=O)NC2CCCCC2)NS1(=O)=O. The lowest BCUT2D eigenvalue weighted by Gasteiger charge is -2.36. The van der Waals surface area contributed by atoms with Gasteiger partial charge in [-0.15, -0.1) is 0 Å². The highest BCUT2D eigenvalue weighted by molar-refractivity contribution is 7.87. The van der Waals surface area contributed by atoms with Gasteiger partial charge in [0.25, 0.3) is 10.2 Å². The van der Waals surface area contributed by atoms with Crippen LogP contribution < -0.4 is 15.4 Å². The first kappa shape index (κ1) is 21.9. The largest absolute Gasteiger partial charge is 0.352 e. The Kier molecular flexibility index (Phi) is 6.77. The van der Waals surface area contributed by atoms with Gasteiger partial charge in [-0.2, -0.15) is 17.4 Å². The molecule has 1 aliphatic carbocycles. The molecule has 2 aliphatic rings. The fourth-order valence-corrected chi connectivity index (χ4v) is 5.06. The molecule has 0 bridgehead atoms. The molecule has 1 heterocycles. The van der Waals surface area contributed by atoms with Gasteiger partial charge in [-0.3, -0.25) is 9.59 Å². The van der Waals surface area contributed by atoms with Gasteiger partial charge >= 0.3 is 0 Å². The van der Waals surface area contributed by atoms with Crippen molar-refractivity contribution < 1.29 is 22.4 Å². The maximum atomic E-state index is 13.3. The van der Waals surface area contributed by atoms with Gasteiger partial charge in [0.2, 0.25) is 11.8 Å². The first-order valence-electron chi connectivity index (χ1n) is 9.49. The van der Waals surface area contributed by atoms with Gasteiger partial charge in [-0.1, -0.05) is 30.9 Å². The van der Waals surface area contributed by atoms with Gasteiger partial charge in [-0.25, -0.2) is 4.39 Å². The number of hydrogen-bond acceptors (Lipinski definition) is 4. The minimum atomic E-state index is -4.02. The standard InChI is InChI=1S/C18H24ClFN4O4S/c1-24-16(18(26)22-12-7-8-14(20)13(19)9-12)10-15(23-29(24,27)28)17(25)21-11-5-3-2-4-6-11/h7-9,11,15-16,23H,2-6,10H2,1H3,(H,21,25)(H,22,26). The van der Waals surface area contributed by atoms with Gasteiger partial charge in [0, 0.05) is 18.8 Å². The maximum absolute atomic E-state index is 13.3. The average molecular weight is 447 g/mol. The van der Waals surface area contributed by atoms with Crippen LogP contribution in [-0.2, 0) is 19.8 Å². The Morgan fingerprint density at radius 2 is 1.90 bits per heavy atom. The summed E-state index contributed by atoms with van der Waals surface area (Å²) in [6, 6.07) is 1.52. The lowest BCUT2D eigenvalue weighted by molar-refractivity contribution is -0.125. The molecule has 1 aromatic rings. The number of carbonyl (C=O) groups is 2. The number of hydrogen-bond donors (Lipinski definition) is 3. The third-order valence-electron chi connectivity index (χ3n) is 5.33. The van der Waals surface area contributed by atoms with E-state index in [0.29, 0.717) is 0 Å². The Morgan fingerprint density at radius 3 is 2.55 bits per heavy atom. The lowest BCUT2D eigenvalue weighted by Crippen LogP contribution is -2.62. The van der Waals surface area contributed by atoms with Crippen molar-refractivity contribution in [3.8, 4) is 0 Å². The smallest absolute Gasteiger partial charge is 0.280 e. The summed E-state index contributed by atoms with van der Waals surface area (Å²) in [5.74, 6) is -1.70. The van der Waals surface area contributed by atoms with Crippen LogP contribution in [0.1, 0.15) is 38.5 Å². The van der Waals surface area contributed by atoms with Crippen molar-refractivity contribution in [3.63, 3.8) is 0 Å². The van der Waals surface area contributed by atoms with E-state index < -0.39 is 39.9 Å². The molecule has 29 heavy (non-hydrogen) atoms. The van der Waals surface area contributed by atoms with Gasteiger partial charge in [-0.05, 0) is 37.5 Å². The predicted octanol–water partition coefficient (Wildman–Crippen LogP) is 1.77. The molecule has 2 amide bonds. The molecule has 0 aromatic heterocycles. The Bertz CT molecular complexity index is 892. The van der Waals surface area contributed by atoms with Crippen molar-refractivity contribution in [2.24, 2.45) is 0 Å². The molecule has 1 saturated carbocycles. The number of nitrogens with one attached hydrogen (secondary N) is 3. The van der Waals surface area contributed by atoms with Crippen LogP contribution in [0.2, 0.25) is 5.02 Å². The molecule has 160 valence electrons. The number of carbonyl (C=O) groups excluding carboxylic acids is 2. The summed E-state index contributed by atoms with van der Waals surface area (Å²) in [6.07, 6.45) is 4.86. The predicted molar refractivity (Wildman–Crippen MR) is 107 cm³/mol. The summed E-state index contributed by atoms with van der Waals surface area (Å²) in [7, 11) is -2.76. The summed E-state index contributed by atoms with van der Waals surface area (Å²) in [5, 5.41) is 5.25. The van der Waals surface area contributed by atoms with E-state index in [1.165, 1.54) is 19.2 Å². The Hall–Kier alpha value is -1.75. The van der Waals surface area contributed by atoms with Gasteiger partial charge in [0.15, 0.2) is 0 Å². The van der Waals surface area contributed by atoms with E-state index in [1.54, 1.807) is 0 Å². The van der Waals surface area contributed by atoms with Crippen LogP contribution in [-0.4, -0.2) is 49.7 Å². The topological polar surface area (TPSA) is 108 Å². The van der Waals surface area contributed by atoms with E-state index in [-0.39, 0.29) is 23.2 Å². The molecule has 1 aliphatic heterocycles. The lowest BCUT2D eigenvalue weighted by atomic mass is 9.95. The molecule has 11 heteroatoms. The minimum Gasteiger partial charge on any atom is -0.352 e. The first-order chi connectivity index (χ1) is 13.7. The highest BCUT2D eigenvalue weighted by Crippen LogP contribution is 2.23. The molecule has 0 spiro atoms. The molecular weight excluding hydrogens is 423 g/mol. The highest BCUT2D eigenvalue weighted by Gasteiger charge is 2.43. The summed E-state index contributed by atoms with van der Waals surface area (Å²) in [4.78, 5) is 25.3. The molecule has 3 N–H and O–H groups in total. The molecule has 2 fully saturated rings. The summed E-state index contributed by atoms with van der Waals surface area (Å²) in [5.41, 5.74) is 0.230. The van der Waals surface area contributed by atoms with Crippen molar-refractivity contribution in [2.45, 2.75) is 56.7 Å². The zero-order valence-electron chi connectivity index (χ0n) is 16.0. The normalized spacial score (nSPS) is 25.3. The molecule has 1 aromatic carbocycles. The van der Waals surface area contributed by atoms with Gasteiger partial charge < -0.3 is 10.6 Å². The average Bonchev–Trinajstić information content (AvgIpc) is 2.67. The second-order valence-electron chi connectivity index (χ2n) is 7.40. The summed E-state index contributed by atoms with van der Waals surface area (Å²) < 4.78 is 41.4. The van der Waals surface area contributed by atoms with Gasteiger partial charge in [0.1, 0.15) is 17.9 Å². The zero-order chi connectivity index (χ0) is 21.2. The maximum Gasteiger partial charge on any atom is 0.280 e. The molecular formula is C18H24ClFN4O4S. The molecule has 8 nitrogen and oxygen atoms in total. The van der Waals surface area contributed by atoms with E-state index in [2.05, 4.69) is 15.4 Å². The summed E-state index contributed by atoms with van der Waals surface area (Å²) >= 11 is 5.72. The van der Waals surface area contributed by atoms with Crippen molar-refractivity contribution in [1.29, 1.82) is 0 Å². The van der Waals surface area contributed by atoms with Crippen molar-refractivity contribution in [2.75, 3.05) is 12.4 Å². The van der Waals surface area contributed by atoms with Crippen LogP contribution in [0.25, 0.3) is 0 Å². The zero-order valence-corrected chi connectivity index (χ0v) is 17.5. The fourth-order valence-electron chi connectivity index (χ4n) is 3.63. The number of nitrogens with zero attached hydrogens (tertiary/aromatic N) is 1. The number of likely N-dealkylation sites (N-methyl/N-ethyl adjacent to an activating group) is 1. The van der Waals surface area contributed by atoms with Crippen LogP contribution in [0.3, 0.4) is 0 Å². The molecule has 2 atom stereocenters. The number of anilines is 1. The van der Waals surface area contributed by atoms with Crippen molar-refractivity contribution in [1.82, 2.24) is 14.3 Å².